The van der Waals surface area contributed by atoms with Crippen LogP contribution in [0.25, 0.3) is 22.4 Å². The molecule has 0 aliphatic carbocycles. The van der Waals surface area contributed by atoms with Crippen molar-refractivity contribution in [3.63, 3.8) is 0 Å². The smallest absolute Gasteiger partial charge is 0.239 e. The molecule has 24 heavy (non-hydrogen) atoms. The van der Waals surface area contributed by atoms with Gasteiger partial charge in [0.1, 0.15) is 6.54 Å². The van der Waals surface area contributed by atoms with Crippen LogP contribution in [0.1, 0.15) is 0 Å². The molecule has 1 aliphatic heterocycles. The zero-order chi connectivity index (χ0) is 16.5. The van der Waals surface area contributed by atoms with E-state index >= 15 is 0 Å². The lowest BCUT2D eigenvalue weighted by Crippen LogP contribution is -2.18. The number of hydrogen-bond donors (Lipinski definition) is 1. The lowest BCUT2D eigenvalue weighted by Gasteiger charge is -2.05. The third kappa shape index (κ3) is 2.69. The monoisotopic (exact) mass is 321 g/mol. The highest BCUT2D eigenvalue weighted by Crippen LogP contribution is 2.36. The van der Waals surface area contributed by atoms with Crippen LogP contribution in [0.2, 0.25) is 0 Å². The van der Waals surface area contributed by atoms with Crippen LogP contribution < -0.4 is 15.2 Å². The molecule has 1 aromatic heterocycles. The highest BCUT2D eigenvalue weighted by atomic mass is 16.7. The van der Waals surface area contributed by atoms with E-state index < -0.39 is 5.91 Å². The number of aromatic nitrogens is 2. The summed E-state index contributed by atoms with van der Waals surface area (Å²) in [6.07, 6.45) is 1.74. The summed E-state index contributed by atoms with van der Waals surface area (Å²) >= 11 is 0. The van der Waals surface area contributed by atoms with E-state index in [1.54, 1.807) is 6.20 Å². The molecule has 1 aliphatic rings. The highest BCUT2D eigenvalue weighted by molar-refractivity contribution is 5.74. The third-order valence-electron chi connectivity index (χ3n) is 3.82. The molecule has 1 amide bonds. The Balaban J connectivity index is 1.66. The maximum absolute atomic E-state index is 11.0. The molecule has 4 rings (SSSR count). The maximum atomic E-state index is 11.0. The second kappa shape index (κ2) is 5.73. The number of nitrogens with two attached hydrogens (primary N) is 1. The van der Waals surface area contributed by atoms with E-state index in [1.165, 1.54) is 4.68 Å². The molecule has 0 unspecified atom stereocenters. The lowest BCUT2D eigenvalue weighted by atomic mass is 10.0. The Morgan fingerprint density at radius 2 is 1.83 bits per heavy atom. The standard InChI is InChI=1S/C18H15N3O3/c19-18(22)10-21-7-6-15(20-21)14-3-1-2-12(8-14)13-4-5-16-17(9-13)24-11-23-16/h1-9H,10-11H2,(H2,19,22). The minimum atomic E-state index is -0.418. The van der Waals surface area contributed by atoms with Crippen molar-refractivity contribution < 1.29 is 14.3 Å². The van der Waals surface area contributed by atoms with Crippen LogP contribution in [0.4, 0.5) is 0 Å². The highest BCUT2D eigenvalue weighted by Gasteiger charge is 2.14. The van der Waals surface area contributed by atoms with Gasteiger partial charge in [0.15, 0.2) is 11.5 Å². The molecule has 2 N–H and O–H groups in total. The largest absolute Gasteiger partial charge is 0.454 e. The Hall–Kier alpha value is -3.28. The van der Waals surface area contributed by atoms with E-state index in [0.717, 1.165) is 33.9 Å². The van der Waals surface area contributed by atoms with Crippen LogP contribution in [0, 0.1) is 0 Å². The van der Waals surface area contributed by atoms with Crippen molar-refractivity contribution in [3.05, 3.63) is 54.7 Å². The van der Waals surface area contributed by atoms with Crippen molar-refractivity contribution in [1.29, 1.82) is 0 Å². The van der Waals surface area contributed by atoms with Crippen LogP contribution >= 0.6 is 0 Å². The summed E-state index contributed by atoms with van der Waals surface area (Å²) in [4.78, 5) is 11.0. The first-order valence-corrected chi connectivity index (χ1v) is 7.51. The Morgan fingerprint density at radius 3 is 2.71 bits per heavy atom. The summed E-state index contributed by atoms with van der Waals surface area (Å²) in [6.45, 7) is 0.331. The number of amides is 1. The molecule has 2 aromatic carbocycles. The van der Waals surface area contributed by atoms with E-state index in [4.69, 9.17) is 15.2 Å². The van der Waals surface area contributed by atoms with Crippen LogP contribution in [-0.2, 0) is 11.3 Å². The minimum absolute atomic E-state index is 0.0713. The lowest BCUT2D eigenvalue weighted by molar-refractivity contribution is -0.118. The van der Waals surface area contributed by atoms with Gasteiger partial charge in [-0.2, -0.15) is 5.10 Å². The molecule has 0 atom stereocenters. The summed E-state index contributed by atoms with van der Waals surface area (Å²) in [5.41, 5.74) is 9.04. The van der Waals surface area contributed by atoms with Crippen molar-refractivity contribution in [2.75, 3.05) is 6.79 Å². The molecule has 0 fully saturated rings. The summed E-state index contributed by atoms with van der Waals surface area (Å²) < 4.78 is 12.3. The van der Waals surface area contributed by atoms with Gasteiger partial charge in [-0.05, 0) is 35.4 Å². The average molecular weight is 321 g/mol. The molecule has 120 valence electrons. The first-order chi connectivity index (χ1) is 11.7. The molecular formula is C18H15N3O3. The van der Waals surface area contributed by atoms with Gasteiger partial charge < -0.3 is 15.2 Å². The molecule has 0 bridgehead atoms. The van der Waals surface area contributed by atoms with Crippen LogP contribution in [-0.4, -0.2) is 22.5 Å². The molecule has 0 saturated carbocycles. The van der Waals surface area contributed by atoms with Gasteiger partial charge in [-0.3, -0.25) is 9.48 Å². The Labute approximate surface area is 138 Å². The summed E-state index contributed by atoms with van der Waals surface area (Å²) in [5.74, 6) is 1.10. The van der Waals surface area contributed by atoms with Crippen LogP contribution in [0.15, 0.2) is 54.7 Å². The van der Waals surface area contributed by atoms with Gasteiger partial charge in [-0.15, -0.1) is 0 Å². The Bertz CT molecular complexity index is 917. The van der Waals surface area contributed by atoms with Gasteiger partial charge in [0.05, 0.1) is 5.69 Å². The van der Waals surface area contributed by atoms with Gasteiger partial charge in [0, 0.05) is 11.8 Å². The van der Waals surface area contributed by atoms with E-state index in [1.807, 2.05) is 42.5 Å². The Morgan fingerprint density at radius 1 is 1.04 bits per heavy atom. The van der Waals surface area contributed by atoms with Crippen molar-refractivity contribution in [2.24, 2.45) is 5.73 Å². The first kappa shape index (κ1) is 14.3. The van der Waals surface area contributed by atoms with E-state index in [2.05, 4.69) is 11.2 Å². The molecule has 6 nitrogen and oxygen atoms in total. The summed E-state index contributed by atoms with van der Waals surface area (Å²) in [7, 11) is 0. The van der Waals surface area contributed by atoms with Gasteiger partial charge in [0.25, 0.3) is 0 Å². The topological polar surface area (TPSA) is 79.4 Å². The molecule has 3 aromatic rings. The number of hydrogen-bond acceptors (Lipinski definition) is 4. The number of ether oxygens (including phenoxy) is 2. The number of carbonyl (C=O) groups is 1. The number of carbonyl (C=O) groups excluding carboxylic acids is 1. The molecule has 6 heteroatoms. The average Bonchev–Trinajstić information content (AvgIpc) is 3.22. The van der Waals surface area contributed by atoms with Crippen molar-refractivity contribution in [2.45, 2.75) is 6.54 Å². The minimum Gasteiger partial charge on any atom is -0.454 e. The second-order valence-electron chi connectivity index (χ2n) is 5.51. The van der Waals surface area contributed by atoms with Gasteiger partial charge in [-0.1, -0.05) is 24.3 Å². The number of fused-ring (bicyclic) bond motifs is 1. The van der Waals surface area contributed by atoms with E-state index in [9.17, 15) is 4.79 Å². The van der Waals surface area contributed by atoms with Gasteiger partial charge in [-0.25, -0.2) is 0 Å². The van der Waals surface area contributed by atoms with E-state index in [-0.39, 0.29) is 13.3 Å². The number of nitrogens with zero attached hydrogens (tertiary/aromatic N) is 2. The fraction of sp³-hybridized carbons (Fsp3) is 0.111. The SMILES string of the molecule is NC(=O)Cn1ccc(-c2cccc(-c3ccc4c(c3)OCO4)c2)n1. The fourth-order valence-electron chi connectivity index (χ4n) is 2.70. The van der Waals surface area contributed by atoms with Crippen molar-refractivity contribution in [3.8, 4) is 33.9 Å². The quantitative estimate of drug-likeness (QED) is 0.800. The summed E-state index contributed by atoms with van der Waals surface area (Å²) in [5, 5.41) is 4.38. The van der Waals surface area contributed by atoms with Gasteiger partial charge >= 0.3 is 0 Å². The first-order valence-electron chi connectivity index (χ1n) is 7.51. The zero-order valence-electron chi connectivity index (χ0n) is 12.8. The van der Waals surface area contributed by atoms with Crippen LogP contribution in [0.3, 0.4) is 0 Å². The third-order valence-corrected chi connectivity index (χ3v) is 3.82. The summed E-state index contributed by atoms with van der Waals surface area (Å²) in [6, 6.07) is 15.8. The van der Waals surface area contributed by atoms with Gasteiger partial charge in [0.2, 0.25) is 12.7 Å². The fourth-order valence-corrected chi connectivity index (χ4v) is 2.70. The number of rotatable bonds is 4. The molecule has 0 spiro atoms. The van der Waals surface area contributed by atoms with E-state index in [0.29, 0.717) is 0 Å². The molecular weight excluding hydrogens is 306 g/mol. The predicted octanol–water partition coefficient (Wildman–Crippen LogP) is 2.43. The molecule has 0 saturated heterocycles. The predicted molar refractivity (Wildman–Crippen MR) is 88.4 cm³/mol. The zero-order valence-corrected chi connectivity index (χ0v) is 12.8. The second-order valence-corrected chi connectivity index (χ2v) is 5.51. The van der Waals surface area contributed by atoms with Crippen LogP contribution in [0.5, 0.6) is 11.5 Å². The number of primary amides is 1. The van der Waals surface area contributed by atoms with Crippen molar-refractivity contribution in [1.82, 2.24) is 9.78 Å². The normalized spacial score (nSPS) is 12.3. The Kier molecular flexibility index (Phi) is 3.42. The molecule has 0 radical (unpaired) electrons. The molecule has 2 heterocycles. The maximum Gasteiger partial charge on any atom is 0.239 e. The van der Waals surface area contributed by atoms with Crippen molar-refractivity contribution >= 4 is 5.91 Å². The number of benzene rings is 2.